The van der Waals surface area contributed by atoms with E-state index in [9.17, 15) is 28.8 Å². The second-order valence-electron chi connectivity index (χ2n) is 16.2. The molecule has 1 aliphatic rings. The summed E-state index contributed by atoms with van der Waals surface area (Å²) in [5.74, 6) is -2.37. The number of amides is 1. The fourth-order valence-electron chi connectivity index (χ4n) is 7.62. The number of fused-ring (bicyclic) bond motifs is 3. The van der Waals surface area contributed by atoms with Gasteiger partial charge in [0.15, 0.2) is 18.0 Å². The Morgan fingerprint density at radius 1 is 0.761 bits per heavy atom. The van der Waals surface area contributed by atoms with E-state index in [1.54, 1.807) is 36.4 Å². The normalized spacial score (nSPS) is 18.0. The van der Waals surface area contributed by atoms with Gasteiger partial charge in [0.2, 0.25) is 12.4 Å². The fourth-order valence-corrected chi connectivity index (χ4v) is 7.62. The summed E-state index contributed by atoms with van der Waals surface area (Å²) in [6, 6.07) is 19.8. The number of ether oxygens (including phenoxy) is 8. The molecule has 5 atom stereocenters. The van der Waals surface area contributed by atoms with E-state index in [1.807, 2.05) is 20.2 Å². The van der Waals surface area contributed by atoms with Crippen molar-refractivity contribution in [3.05, 3.63) is 94.8 Å². The molecule has 0 bridgehead atoms. The van der Waals surface area contributed by atoms with Crippen LogP contribution in [-0.2, 0) is 78.5 Å². The molecular weight excluding hydrogens is 871 g/mol. The molecule has 1 amide bonds. The maximum atomic E-state index is 13.6. The highest BCUT2D eigenvalue weighted by molar-refractivity contribution is 6.10. The van der Waals surface area contributed by atoms with Gasteiger partial charge in [0, 0.05) is 52.6 Å². The van der Waals surface area contributed by atoms with E-state index in [0.717, 1.165) is 62.4 Å². The largest absolute Gasteiger partial charge is 0.465 e. The van der Waals surface area contributed by atoms with Crippen molar-refractivity contribution in [1.82, 2.24) is 19.4 Å². The van der Waals surface area contributed by atoms with E-state index in [4.69, 9.17) is 47.9 Å². The number of benzene rings is 3. The zero-order chi connectivity index (χ0) is 48.4. The lowest BCUT2D eigenvalue weighted by molar-refractivity contribution is -0.288. The molecule has 1 N–H and O–H groups in total. The standard InChI is InChI=1S/C48H55N5O14/c1-9-10-11-39-50-40-41(53(39)24-32-14-12-31(13-15-32)23-52(6)7)36-21-18-34(46(58)60-8)22-37(36)49-45(40)51-48(59)62-25-33-16-19-35(20-17-33)66-47-44(65-30(5)57)43(64-29(4)56)42(63-28(3)55)38(67-47)26-61-27(2)54/h12-22,38,42-44,47H,9-11,23-26H2,1-8H3,(H,49,51,59)/t38-,42-,43+,44+,47+/m1/s1. The van der Waals surface area contributed by atoms with Crippen molar-refractivity contribution >= 4 is 63.7 Å². The number of methoxy groups -OCH3 is 1. The minimum atomic E-state index is -1.44. The van der Waals surface area contributed by atoms with E-state index in [1.165, 1.54) is 19.6 Å². The molecule has 5 aromatic rings. The molecule has 0 unspecified atom stereocenters. The number of rotatable bonds is 18. The molecule has 0 saturated carbocycles. The van der Waals surface area contributed by atoms with Crippen LogP contribution in [0.2, 0.25) is 0 Å². The van der Waals surface area contributed by atoms with Crippen LogP contribution >= 0.6 is 0 Å². The molecular formula is C48H55N5O14. The van der Waals surface area contributed by atoms with Crippen LogP contribution in [0.3, 0.4) is 0 Å². The molecule has 67 heavy (non-hydrogen) atoms. The molecule has 1 saturated heterocycles. The molecule has 2 aromatic heterocycles. The van der Waals surface area contributed by atoms with E-state index in [-0.39, 0.29) is 23.7 Å². The summed E-state index contributed by atoms with van der Waals surface area (Å²) < 4.78 is 46.4. The van der Waals surface area contributed by atoms with Crippen molar-refractivity contribution in [2.75, 3.05) is 33.1 Å². The number of imidazole rings is 1. The second-order valence-corrected chi connectivity index (χ2v) is 16.2. The molecule has 3 aromatic carbocycles. The number of unbranched alkanes of at least 4 members (excludes halogenated alkanes) is 1. The van der Waals surface area contributed by atoms with Crippen molar-refractivity contribution in [2.45, 2.75) is 104 Å². The number of nitrogens with zero attached hydrogens (tertiary/aromatic N) is 4. The third-order valence-corrected chi connectivity index (χ3v) is 10.5. The van der Waals surface area contributed by atoms with Gasteiger partial charge < -0.3 is 47.4 Å². The van der Waals surface area contributed by atoms with Crippen LogP contribution in [0.1, 0.15) is 80.3 Å². The Hall–Kier alpha value is -7.12. The summed E-state index contributed by atoms with van der Waals surface area (Å²) in [4.78, 5) is 86.4. The Morgan fingerprint density at radius 3 is 2.03 bits per heavy atom. The van der Waals surface area contributed by atoms with Crippen LogP contribution in [0.4, 0.5) is 10.6 Å². The van der Waals surface area contributed by atoms with Crippen LogP contribution < -0.4 is 10.1 Å². The number of pyridine rings is 1. The Balaban J connectivity index is 1.24. The molecule has 19 heteroatoms. The maximum absolute atomic E-state index is 13.6. The van der Waals surface area contributed by atoms with Gasteiger partial charge in [0.05, 0.1) is 23.7 Å². The SMILES string of the molecule is CCCCc1nc2c(NC(=O)OCc3ccc(O[C@H]4O[C@H](COC(C)=O)[C@@H](OC(C)=O)[C@H](OC(C)=O)[C@@H]4OC(C)=O)cc3)nc3cc(C(=O)OC)ccc3c2n1Cc1ccc(CN(C)C)cc1. The first-order chi connectivity index (χ1) is 32.0. The van der Waals surface area contributed by atoms with Gasteiger partial charge in [-0.3, -0.25) is 24.5 Å². The topological polar surface area (TPSA) is 222 Å². The third-order valence-electron chi connectivity index (χ3n) is 10.5. The molecule has 0 spiro atoms. The molecule has 3 heterocycles. The quantitative estimate of drug-likeness (QED) is 0.0782. The molecule has 1 aliphatic heterocycles. The Kier molecular flexibility index (Phi) is 16.5. The second kappa shape index (κ2) is 22.4. The van der Waals surface area contributed by atoms with Gasteiger partial charge in [-0.25, -0.2) is 19.6 Å². The molecule has 1 fully saturated rings. The minimum absolute atomic E-state index is 0.140. The van der Waals surface area contributed by atoms with Crippen LogP contribution in [0, 0.1) is 0 Å². The highest BCUT2D eigenvalue weighted by Crippen LogP contribution is 2.34. The minimum Gasteiger partial charge on any atom is -0.465 e. The van der Waals surface area contributed by atoms with Gasteiger partial charge in [-0.15, -0.1) is 0 Å². The molecule has 356 valence electrons. The van der Waals surface area contributed by atoms with E-state index in [0.29, 0.717) is 29.6 Å². The smallest absolute Gasteiger partial charge is 0.413 e. The third kappa shape index (κ3) is 12.8. The van der Waals surface area contributed by atoms with Crippen LogP contribution in [0.15, 0.2) is 66.7 Å². The van der Waals surface area contributed by atoms with Gasteiger partial charge in [-0.1, -0.05) is 49.7 Å². The zero-order valence-electron chi connectivity index (χ0n) is 38.7. The fraction of sp³-hybridized carbons (Fsp3) is 0.417. The first kappa shape index (κ1) is 49.3. The molecule has 0 radical (unpaired) electrons. The predicted octanol–water partition coefficient (Wildman–Crippen LogP) is 6.03. The van der Waals surface area contributed by atoms with E-state index >= 15 is 0 Å². The van der Waals surface area contributed by atoms with Gasteiger partial charge in [0.1, 0.15) is 36.4 Å². The number of carbonyl (C=O) groups is 6. The number of anilines is 1. The Bertz CT molecular complexity index is 2590. The van der Waals surface area contributed by atoms with Gasteiger partial charge in [0.25, 0.3) is 0 Å². The van der Waals surface area contributed by atoms with E-state index < -0.39 is 73.3 Å². The Morgan fingerprint density at radius 2 is 1.40 bits per heavy atom. The highest BCUT2D eigenvalue weighted by atomic mass is 16.7. The van der Waals surface area contributed by atoms with Gasteiger partial charge in [-0.05, 0) is 67.5 Å². The van der Waals surface area contributed by atoms with Crippen molar-refractivity contribution in [1.29, 1.82) is 0 Å². The summed E-state index contributed by atoms with van der Waals surface area (Å²) in [6.45, 7) is 7.35. The molecule has 19 nitrogen and oxygen atoms in total. The van der Waals surface area contributed by atoms with Crippen LogP contribution in [0.25, 0.3) is 21.9 Å². The average molecular weight is 926 g/mol. The van der Waals surface area contributed by atoms with Crippen LogP contribution in [0.5, 0.6) is 5.75 Å². The van der Waals surface area contributed by atoms with Crippen molar-refractivity contribution in [2.24, 2.45) is 0 Å². The maximum Gasteiger partial charge on any atom is 0.413 e. The van der Waals surface area contributed by atoms with Crippen LogP contribution in [-0.4, -0.2) is 114 Å². The average Bonchev–Trinajstić information content (AvgIpc) is 3.64. The van der Waals surface area contributed by atoms with E-state index in [2.05, 4.69) is 46.0 Å². The summed E-state index contributed by atoms with van der Waals surface area (Å²) in [6.07, 6.45) is -5.17. The lowest BCUT2D eigenvalue weighted by atomic mass is 9.98. The summed E-state index contributed by atoms with van der Waals surface area (Å²) >= 11 is 0. The monoisotopic (exact) mass is 925 g/mol. The number of hydrogen-bond acceptors (Lipinski definition) is 17. The zero-order valence-corrected chi connectivity index (χ0v) is 38.7. The summed E-state index contributed by atoms with van der Waals surface area (Å²) in [5.41, 5.74) is 4.68. The van der Waals surface area contributed by atoms with Gasteiger partial charge in [-0.2, -0.15) is 0 Å². The molecule has 6 rings (SSSR count). The lowest BCUT2D eigenvalue weighted by Gasteiger charge is -2.43. The lowest BCUT2D eigenvalue weighted by Crippen LogP contribution is -2.63. The van der Waals surface area contributed by atoms with Crippen molar-refractivity contribution in [3.63, 3.8) is 0 Å². The predicted molar refractivity (Wildman–Crippen MR) is 241 cm³/mol. The van der Waals surface area contributed by atoms with Crippen molar-refractivity contribution < 1.29 is 66.7 Å². The first-order valence-electron chi connectivity index (χ1n) is 21.7. The first-order valence-corrected chi connectivity index (χ1v) is 21.7. The number of nitrogens with one attached hydrogen (secondary N) is 1. The summed E-state index contributed by atoms with van der Waals surface area (Å²) in [5, 5.41) is 3.52. The highest BCUT2D eigenvalue weighted by Gasteiger charge is 2.53. The number of esters is 5. The number of carbonyl (C=O) groups excluding carboxylic acids is 6. The number of aromatic nitrogens is 3. The van der Waals surface area contributed by atoms with Gasteiger partial charge >= 0.3 is 35.9 Å². The molecule has 0 aliphatic carbocycles. The number of aryl methyl sites for hydroxylation is 1. The Labute approximate surface area is 386 Å². The number of hydrogen-bond donors (Lipinski definition) is 1. The van der Waals surface area contributed by atoms with Crippen molar-refractivity contribution in [3.8, 4) is 5.75 Å². The summed E-state index contributed by atoms with van der Waals surface area (Å²) in [7, 11) is 5.34.